The summed E-state index contributed by atoms with van der Waals surface area (Å²) in [4.78, 5) is 46.8. The van der Waals surface area contributed by atoms with Crippen LogP contribution in [0.4, 0.5) is 5.69 Å². The molecule has 7 nitrogen and oxygen atoms in total. The molecule has 2 aliphatic heterocycles. The number of benzene rings is 2. The van der Waals surface area contributed by atoms with Crippen molar-refractivity contribution in [1.82, 2.24) is 4.57 Å². The van der Waals surface area contributed by atoms with Crippen molar-refractivity contribution < 1.29 is 14.3 Å². The number of thiazole rings is 1. The third-order valence-corrected chi connectivity index (χ3v) is 7.46. The second kappa shape index (κ2) is 8.79. The number of carbonyl (C=O) groups excluding carboxylic acids is 2. The molecule has 5 rings (SSSR count). The molecule has 0 fully saturated rings. The Hall–Kier alpha value is -3.75. The summed E-state index contributed by atoms with van der Waals surface area (Å²) in [5.41, 5.74) is 2.47. The number of carbonyl (C=O) groups is 2. The second-order valence-electron chi connectivity index (χ2n) is 8.01. The summed E-state index contributed by atoms with van der Waals surface area (Å²) in [6.45, 7) is 5.75. The van der Waals surface area contributed by atoms with Crippen molar-refractivity contribution in [2.75, 3.05) is 18.6 Å². The number of fused-ring (bicyclic) bond motifs is 2. The minimum absolute atomic E-state index is 0.219. The molecule has 1 amide bonds. The number of halogens is 1. The van der Waals surface area contributed by atoms with Crippen LogP contribution in [-0.2, 0) is 14.3 Å². The molecule has 0 bridgehead atoms. The van der Waals surface area contributed by atoms with Crippen molar-refractivity contribution in [3.8, 4) is 0 Å². The third kappa shape index (κ3) is 3.48. The van der Waals surface area contributed by atoms with Gasteiger partial charge in [-0.1, -0.05) is 65.4 Å². The number of amides is 1. The van der Waals surface area contributed by atoms with Gasteiger partial charge < -0.3 is 9.64 Å². The molecule has 176 valence electrons. The Balaban J connectivity index is 1.86. The van der Waals surface area contributed by atoms with Crippen molar-refractivity contribution in [3.63, 3.8) is 0 Å². The van der Waals surface area contributed by atoms with Gasteiger partial charge in [0.15, 0.2) is 4.80 Å². The predicted molar refractivity (Wildman–Crippen MR) is 135 cm³/mol. The highest BCUT2D eigenvalue weighted by Gasteiger charge is 2.37. The molecule has 35 heavy (non-hydrogen) atoms. The van der Waals surface area contributed by atoms with Gasteiger partial charge in [0.25, 0.3) is 11.5 Å². The lowest BCUT2D eigenvalue weighted by atomic mass is 9.96. The first kappa shape index (κ1) is 23.0. The van der Waals surface area contributed by atoms with Gasteiger partial charge in [-0.15, -0.1) is 6.58 Å². The van der Waals surface area contributed by atoms with Crippen molar-refractivity contribution in [1.29, 1.82) is 0 Å². The van der Waals surface area contributed by atoms with Crippen LogP contribution in [0, 0.1) is 0 Å². The summed E-state index contributed by atoms with van der Waals surface area (Å²) in [6, 6.07) is 13.5. The molecule has 1 atom stereocenters. The lowest BCUT2D eigenvalue weighted by Crippen LogP contribution is -2.41. The van der Waals surface area contributed by atoms with Gasteiger partial charge in [-0.2, -0.15) is 0 Å². The van der Waals surface area contributed by atoms with Crippen LogP contribution in [0.3, 0.4) is 0 Å². The van der Waals surface area contributed by atoms with Crippen molar-refractivity contribution in [2.45, 2.75) is 13.0 Å². The van der Waals surface area contributed by atoms with E-state index in [9.17, 15) is 14.4 Å². The first-order valence-electron chi connectivity index (χ1n) is 10.8. The van der Waals surface area contributed by atoms with Gasteiger partial charge in [-0.25, -0.2) is 9.79 Å². The molecule has 0 radical (unpaired) electrons. The summed E-state index contributed by atoms with van der Waals surface area (Å²) in [5.74, 6) is -0.886. The Kier molecular flexibility index (Phi) is 5.78. The van der Waals surface area contributed by atoms with Gasteiger partial charge in [-0.05, 0) is 24.6 Å². The number of aromatic nitrogens is 1. The van der Waals surface area contributed by atoms with Crippen molar-refractivity contribution in [2.24, 2.45) is 4.99 Å². The molecule has 1 aromatic heterocycles. The van der Waals surface area contributed by atoms with E-state index in [1.165, 1.54) is 11.7 Å². The maximum atomic E-state index is 14.0. The van der Waals surface area contributed by atoms with Crippen molar-refractivity contribution in [3.05, 3.63) is 108 Å². The first-order chi connectivity index (χ1) is 16.9. The number of esters is 1. The number of allylic oxidation sites excluding steroid dienone is 1. The summed E-state index contributed by atoms with van der Waals surface area (Å²) in [5, 5.41) is 0.395. The van der Waals surface area contributed by atoms with Crippen LogP contribution in [0.15, 0.2) is 82.2 Å². The number of nitrogens with zero attached hydrogens (tertiary/aromatic N) is 3. The Bertz CT molecular complexity index is 1630. The average Bonchev–Trinajstić information content (AvgIpc) is 3.31. The highest BCUT2D eigenvalue weighted by molar-refractivity contribution is 7.07. The lowest BCUT2D eigenvalue weighted by Gasteiger charge is -2.25. The monoisotopic (exact) mass is 505 g/mol. The lowest BCUT2D eigenvalue weighted by molar-refractivity contribution is -0.136. The van der Waals surface area contributed by atoms with E-state index < -0.39 is 17.6 Å². The van der Waals surface area contributed by atoms with E-state index in [1.807, 2.05) is 24.3 Å². The maximum absolute atomic E-state index is 14.0. The Morgan fingerprint density at radius 2 is 1.91 bits per heavy atom. The molecule has 2 aromatic carbocycles. The molecule has 0 N–H and O–H groups in total. The van der Waals surface area contributed by atoms with Crippen molar-refractivity contribution >= 4 is 46.1 Å². The fourth-order valence-electron chi connectivity index (χ4n) is 4.54. The van der Waals surface area contributed by atoms with Gasteiger partial charge in [0.2, 0.25) is 0 Å². The molecule has 3 heterocycles. The van der Waals surface area contributed by atoms with Crippen LogP contribution in [0.1, 0.15) is 24.1 Å². The van der Waals surface area contributed by atoms with E-state index in [2.05, 4.69) is 11.6 Å². The third-order valence-electron chi connectivity index (χ3n) is 6.06. The van der Waals surface area contributed by atoms with E-state index in [-0.39, 0.29) is 16.0 Å². The standard InChI is InChI=1S/C26H20ClN3O4S/c1-4-13-29-18-12-8-6-10-16(18)20(23(29)31)22-24(32)30-21(15-9-5-7-11-17(15)27)19(25(33)34-3)14(2)28-26(30)35-22/h4-12,21H,1,13H2,2-3H3/b22-20-. The molecule has 9 heteroatoms. The maximum Gasteiger partial charge on any atom is 0.338 e. The fourth-order valence-corrected chi connectivity index (χ4v) is 5.92. The van der Waals surface area contributed by atoms with Gasteiger partial charge in [-0.3, -0.25) is 14.2 Å². The SMILES string of the molecule is C=CCN1C(=O)/C(=c2\sc3n(c2=O)C(c2ccccc2Cl)C(C(=O)OC)=C(C)N=3)c2ccccc21. The minimum Gasteiger partial charge on any atom is -0.466 e. The summed E-state index contributed by atoms with van der Waals surface area (Å²) in [7, 11) is 1.28. The number of anilines is 1. The second-order valence-corrected chi connectivity index (χ2v) is 9.40. The number of hydrogen-bond donors (Lipinski definition) is 0. The van der Waals surface area contributed by atoms with E-state index in [0.717, 1.165) is 11.3 Å². The Morgan fingerprint density at radius 3 is 2.63 bits per heavy atom. The number of ether oxygens (including phenoxy) is 1. The molecule has 3 aromatic rings. The number of rotatable bonds is 4. The molecule has 0 saturated heterocycles. The number of methoxy groups -OCH3 is 1. The highest BCUT2D eigenvalue weighted by atomic mass is 35.5. The van der Waals surface area contributed by atoms with E-state index in [1.54, 1.807) is 42.2 Å². The first-order valence-corrected chi connectivity index (χ1v) is 12.0. The molecular weight excluding hydrogens is 486 g/mol. The van der Waals surface area contributed by atoms with E-state index in [0.29, 0.717) is 44.5 Å². The van der Waals surface area contributed by atoms with Crippen LogP contribution in [0.25, 0.3) is 5.57 Å². The summed E-state index contributed by atoms with van der Waals surface area (Å²) >= 11 is 7.64. The van der Waals surface area contributed by atoms with Gasteiger partial charge >= 0.3 is 5.97 Å². The smallest absolute Gasteiger partial charge is 0.338 e. The molecular formula is C26H20ClN3O4S. The Morgan fingerprint density at radius 1 is 1.20 bits per heavy atom. The van der Waals surface area contributed by atoms with Crippen LogP contribution in [-0.4, -0.2) is 30.1 Å². The average molecular weight is 506 g/mol. The molecule has 2 aliphatic rings. The van der Waals surface area contributed by atoms with Crippen LogP contribution in [0.2, 0.25) is 5.02 Å². The van der Waals surface area contributed by atoms with E-state index >= 15 is 0 Å². The highest BCUT2D eigenvalue weighted by Crippen LogP contribution is 2.36. The minimum atomic E-state index is -0.849. The molecule has 0 saturated carbocycles. The molecule has 0 aliphatic carbocycles. The summed E-state index contributed by atoms with van der Waals surface area (Å²) in [6.07, 6.45) is 1.64. The van der Waals surface area contributed by atoms with Crippen LogP contribution >= 0.6 is 22.9 Å². The van der Waals surface area contributed by atoms with E-state index in [4.69, 9.17) is 16.3 Å². The van der Waals surface area contributed by atoms with Gasteiger partial charge in [0.05, 0.1) is 29.6 Å². The van der Waals surface area contributed by atoms with Gasteiger partial charge in [0.1, 0.15) is 10.6 Å². The summed E-state index contributed by atoms with van der Waals surface area (Å²) < 4.78 is 6.71. The predicted octanol–water partition coefficient (Wildman–Crippen LogP) is 2.96. The molecule has 0 spiro atoms. The largest absolute Gasteiger partial charge is 0.466 e. The van der Waals surface area contributed by atoms with Gasteiger partial charge in [0, 0.05) is 17.1 Å². The fraction of sp³-hybridized carbons (Fsp3) is 0.154. The van der Waals surface area contributed by atoms with Crippen LogP contribution in [0.5, 0.6) is 0 Å². The zero-order chi connectivity index (χ0) is 24.9. The molecule has 1 unspecified atom stereocenters. The Labute approximate surface area is 209 Å². The van der Waals surface area contributed by atoms with Crippen LogP contribution < -0.4 is 19.8 Å². The topological polar surface area (TPSA) is 81.0 Å². The number of hydrogen-bond acceptors (Lipinski definition) is 6. The zero-order valence-electron chi connectivity index (χ0n) is 18.9. The zero-order valence-corrected chi connectivity index (χ0v) is 20.5. The number of para-hydroxylation sites is 1. The normalized spacial score (nSPS) is 18.2. The quantitative estimate of drug-likeness (QED) is 0.403.